The number of aryl methyl sites for hydroxylation is 2. The van der Waals surface area contributed by atoms with Gasteiger partial charge in [0.05, 0.1) is 24.0 Å². The predicted molar refractivity (Wildman–Crippen MR) is 111 cm³/mol. The normalized spacial score (nSPS) is 11.4. The number of carbonyl (C=O) groups is 1. The first-order valence-corrected chi connectivity index (χ1v) is 11.7. The van der Waals surface area contributed by atoms with E-state index in [0.29, 0.717) is 12.2 Å². The average Bonchev–Trinajstić information content (AvgIpc) is 3.09. The van der Waals surface area contributed by atoms with Gasteiger partial charge in [0.15, 0.2) is 0 Å². The number of furan rings is 1. The van der Waals surface area contributed by atoms with Gasteiger partial charge < -0.3 is 9.73 Å². The van der Waals surface area contributed by atoms with Gasteiger partial charge >= 0.3 is 0 Å². The van der Waals surface area contributed by atoms with Crippen LogP contribution in [0.25, 0.3) is 0 Å². The largest absolute Gasteiger partial charge is 0.468 e. The number of nitrogens with one attached hydrogen (secondary N) is 1. The Morgan fingerprint density at radius 2 is 1.89 bits per heavy atom. The fraction of sp³-hybridized carbons (Fsp3) is 0.421. The van der Waals surface area contributed by atoms with Crippen molar-refractivity contribution in [2.45, 2.75) is 26.0 Å². The van der Waals surface area contributed by atoms with E-state index in [1.807, 2.05) is 44.2 Å². The third-order valence-corrected chi connectivity index (χ3v) is 6.17. The Balaban J connectivity index is 1.84. The van der Waals surface area contributed by atoms with E-state index in [-0.39, 0.29) is 12.5 Å². The fourth-order valence-corrected chi connectivity index (χ4v) is 4.55. The second-order valence-electron chi connectivity index (χ2n) is 6.35. The quantitative estimate of drug-likeness (QED) is 0.609. The van der Waals surface area contributed by atoms with E-state index < -0.39 is 10.0 Å². The topological polar surface area (TPSA) is 79.6 Å². The number of sulfonamides is 1. The molecule has 0 fully saturated rings. The molecule has 0 aliphatic carbocycles. The van der Waals surface area contributed by atoms with Crippen LogP contribution in [0.15, 0.2) is 41.0 Å². The van der Waals surface area contributed by atoms with Crippen molar-refractivity contribution in [2.24, 2.45) is 0 Å². The van der Waals surface area contributed by atoms with Gasteiger partial charge in [-0.25, -0.2) is 8.42 Å². The molecule has 2 aromatic rings. The van der Waals surface area contributed by atoms with E-state index in [0.717, 1.165) is 41.1 Å². The zero-order valence-electron chi connectivity index (χ0n) is 15.9. The Morgan fingerprint density at radius 3 is 2.48 bits per heavy atom. The summed E-state index contributed by atoms with van der Waals surface area (Å²) in [4.78, 5) is 12.3. The lowest BCUT2D eigenvalue weighted by molar-refractivity contribution is -0.119. The standard InChI is InChI=1S/C19H26N2O4S2/c1-15-7-4-8-16(2)19(15)21(27(3,23)24)13-18(22)20-10-6-12-26-14-17-9-5-11-25-17/h4-5,7-9,11H,6,10,12-14H2,1-3H3,(H,20,22). The van der Waals surface area contributed by atoms with Gasteiger partial charge in [-0.2, -0.15) is 11.8 Å². The molecule has 1 amide bonds. The van der Waals surface area contributed by atoms with Crippen LogP contribution in [0, 0.1) is 13.8 Å². The molecule has 0 saturated carbocycles. The summed E-state index contributed by atoms with van der Waals surface area (Å²) < 4.78 is 30.9. The molecule has 1 aromatic carbocycles. The number of carbonyl (C=O) groups excluding carboxylic acids is 1. The van der Waals surface area contributed by atoms with Gasteiger partial charge in [0.1, 0.15) is 12.3 Å². The average molecular weight is 411 g/mol. The van der Waals surface area contributed by atoms with Crippen LogP contribution in [0.5, 0.6) is 0 Å². The number of thioether (sulfide) groups is 1. The van der Waals surface area contributed by atoms with Crippen LogP contribution in [-0.4, -0.2) is 39.4 Å². The Kier molecular flexibility index (Phi) is 7.79. The van der Waals surface area contributed by atoms with Crippen LogP contribution < -0.4 is 9.62 Å². The minimum absolute atomic E-state index is 0.218. The first-order valence-electron chi connectivity index (χ1n) is 8.70. The molecule has 148 valence electrons. The van der Waals surface area contributed by atoms with Crippen molar-refractivity contribution in [1.29, 1.82) is 0 Å². The number of benzene rings is 1. The van der Waals surface area contributed by atoms with Crippen molar-refractivity contribution >= 4 is 33.4 Å². The molecule has 0 aliphatic heterocycles. The van der Waals surface area contributed by atoms with Gasteiger partial charge in [-0.1, -0.05) is 18.2 Å². The smallest absolute Gasteiger partial charge is 0.240 e. The molecule has 1 N–H and O–H groups in total. The number of para-hydroxylation sites is 1. The minimum atomic E-state index is -3.56. The number of rotatable bonds is 10. The molecular formula is C19H26N2O4S2. The predicted octanol–water partition coefficient (Wildman–Crippen LogP) is 3.10. The molecular weight excluding hydrogens is 384 g/mol. The molecule has 1 aromatic heterocycles. The Bertz CT molecular complexity index is 828. The number of hydrogen-bond donors (Lipinski definition) is 1. The van der Waals surface area contributed by atoms with Gasteiger partial charge in [-0.05, 0) is 49.3 Å². The van der Waals surface area contributed by atoms with E-state index in [1.165, 1.54) is 4.31 Å². The molecule has 8 heteroatoms. The van der Waals surface area contributed by atoms with E-state index in [9.17, 15) is 13.2 Å². The number of hydrogen-bond acceptors (Lipinski definition) is 5. The summed E-state index contributed by atoms with van der Waals surface area (Å²) in [5.41, 5.74) is 2.22. The first-order chi connectivity index (χ1) is 12.8. The van der Waals surface area contributed by atoms with Crippen LogP contribution in [0.3, 0.4) is 0 Å². The Labute approximate surface area is 165 Å². The summed E-state index contributed by atoms with van der Waals surface area (Å²) in [5.74, 6) is 2.31. The summed E-state index contributed by atoms with van der Waals surface area (Å²) in [6.07, 6.45) is 3.58. The number of anilines is 1. The highest BCUT2D eigenvalue weighted by Gasteiger charge is 2.23. The molecule has 0 unspecified atom stereocenters. The van der Waals surface area contributed by atoms with Crippen molar-refractivity contribution in [1.82, 2.24) is 5.32 Å². The van der Waals surface area contributed by atoms with Crippen LogP contribution in [0.2, 0.25) is 0 Å². The maximum absolute atomic E-state index is 12.3. The summed E-state index contributed by atoms with van der Waals surface area (Å²) >= 11 is 1.73. The lowest BCUT2D eigenvalue weighted by Crippen LogP contribution is -2.41. The zero-order valence-corrected chi connectivity index (χ0v) is 17.5. The van der Waals surface area contributed by atoms with Crippen LogP contribution in [0.4, 0.5) is 5.69 Å². The van der Waals surface area contributed by atoms with Gasteiger partial charge in [0, 0.05) is 6.54 Å². The first kappa shape index (κ1) is 21.4. The highest BCUT2D eigenvalue weighted by Crippen LogP contribution is 2.26. The molecule has 27 heavy (non-hydrogen) atoms. The number of amides is 1. The number of nitrogens with zero attached hydrogens (tertiary/aromatic N) is 1. The summed E-state index contributed by atoms with van der Waals surface area (Å²) in [7, 11) is -3.56. The maximum atomic E-state index is 12.3. The highest BCUT2D eigenvalue weighted by atomic mass is 32.2. The van der Waals surface area contributed by atoms with Crippen LogP contribution in [-0.2, 0) is 20.6 Å². The molecule has 6 nitrogen and oxygen atoms in total. The van der Waals surface area contributed by atoms with E-state index >= 15 is 0 Å². The monoisotopic (exact) mass is 410 g/mol. The zero-order chi connectivity index (χ0) is 19.9. The Morgan fingerprint density at radius 1 is 1.19 bits per heavy atom. The fourth-order valence-electron chi connectivity index (χ4n) is 2.72. The maximum Gasteiger partial charge on any atom is 0.240 e. The molecule has 0 spiro atoms. The Hall–Kier alpha value is -1.93. The summed E-state index contributed by atoms with van der Waals surface area (Å²) in [6, 6.07) is 9.35. The van der Waals surface area contributed by atoms with Gasteiger partial charge in [0.25, 0.3) is 0 Å². The van der Waals surface area contributed by atoms with E-state index in [4.69, 9.17) is 4.42 Å². The third-order valence-electron chi connectivity index (χ3n) is 3.99. The molecule has 0 saturated heterocycles. The van der Waals surface area contributed by atoms with Crippen LogP contribution >= 0.6 is 11.8 Å². The van der Waals surface area contributed by atoms with Crippen molar-refractivity contribution < 1.29 is 17.6 Å². The third kappa shape index (κ3) is 6.62. The van der Waals surface area contributed by atoms with Crippen molar-refractivity contribution in [3.05, 3.63) is 53.5 Å². The van der Waals surface area contributed by atoms with E-state index in [2.05, 4.69) is 5.32 Å². The highest BCUT2D eigenvalue weighted by molar-refractivity contribution is 7.98. The minimum Gasteiger partial charge on any atom is -0.468 e. The summed E-state index contributed by atoms with van der Waals surface area (Å²) in [6.45, 7) is 3.97. The lowest BCUT2D eigenvalue weighted by atomic mass is 10.1. The second-order valence-corrected chi connectivity index (χ2v) is 9.36. The SMILES string of the molecule is Cc1cccc(C)c1N(CC(=O)NCCCSCc1ccco1)S(C)(=O)=O. The van der Waals surface area contributed by atoms with Gasteiger partial charge in [0.2, 0.25) is 15.9 Å². The molecule has 2 rings (SSSR count). The van der Waals surface area contributed by atoms with Crippen LogP contribution in [0.1, 0.15) is 23.3 Å². The summed E-state index contributed by atoms with van der Waals surface area (Å²) in [5, 5.41) is 2.81. The second kappa shape index (κ2) is 9.85. The lowest BCUT2D eigenvalue weighted by Gasteiger charge is -2.25. The van der Waals surface area contributed by atoms with Crippen molar-refractivity contribution in [3.63, 3.8) is 0 Å². The molecule has 0 radical (unpaired) electrons. The van der Waals surface area contributed by atoms with Gasteiger partial charge in [-0.15, -0.1) is 0 Å². The molecule has 0 aliphatic rings. The molecule has 0 bridgehead atoms. The van der Waals surface area contributed by atoms with E-state index in [1.54, 1.807) is 18.0 Å². The van der Waals surface area contributed by atoms with Crippen molar-refractivity contribution in [2.75, 3.05) is 29.4 Å². The molecule has 1 heterocycles. The van der Waals surface area contributed by atoms with Gasteiger partial charge in [-0.3, -0.25) is 9.10 Å². The van der Waals surface area contributed by atoms with Crippen molar-refractivity contribution in [3.8, 4) is 0 Å². The molecule has 0 atom stereocenters.